The predicted molar refractivity (Wildman–Crippen MR) is 86.1 cm³/mol. The monoisotopic (exact) mass is 354 g/mol. The van der Waals surface area contributed by atoms with Crippen LogP contribution in [0.15, 0.2) is 18.2 Å². The topological polar surface area (TPSA) is 54.3 Å². The molecular formula is C18H21F3N2O2. The van der Waals surface area contributed by atoms with Gasteiger partial charge in [0.25, 0.3) is 0 Å². The van der Waals surface area contributed by atoms with Crippen LogP contribution in [0.25, 0.3) is 0 Å². The molecular weight excluding hydrogens is 333 g/mol. The minimum absolute atomic E-state index is 0.0518. The van der Waals surface area contributed by atoms with Crippen molar-refractivity contribution in [2.24, 2.45) is 5.41 Å². The van der Waals surface area contributed by atoms with Crippen LogP contribution in [0.2, 0.25) is 0 Å². The summed E-state index contributed by atoms with van der Waals surface area (Å²) >= 11 is 0. The number of benzene rings is 1. The molecule has 1 N–H and O–H groups in total. The van der Waals surface area contributed by atoms with E-state index in [1.165, 1.54) is 12.1 Å². The molecule has 2 unspecified atom stereocenters. The lowest BCUT2D eigenvalue weighted by Gasteiger charge is -2.57. The minimum atomic E-state index is -4.53. The number of hydrogen-bond donors (Lipinski definition) is 1. The van der Waals surface area contributed by atoms with Crippen molar-refractivity contribution in [1.29, 1.82) is 5.26 Å². The SMILES string of the molecule is CCOC1CC(Nc2ccc(C(F)(F)F)c(C#N)c2)C12CCOCC2. The summed E-state index contributed by atoms with van der Waals surface area (Å²) in [5, 5.41) is 12.4. The van der Waals surface area contributed by atoms with Crippen LogP contribution in [0.5, 0.6) is 0 Å². The van der Waals surface area contributed by atoms with Crippen LogP contribution in [-0.4, -0.2) is 32.0 Å². The zero-order valence-electron chi connectivity index (χ0n) is 14.0. The fourth-order valence-electron chi connectivity index (χ4n) is 3.98. The molecule has 1 aliphatic carbocycles. The number of ether oxygens (including phenoxy) is 2. The molecule has 1 aromatic carbocycles. The van der Waals surface area contributed by atoms with Gasteiger partial charge >= 0.3 is 6.18 Å². The van der Waals surface area contributed by atoms with Gasteiger partial charge < -0.3 is 14.8 Å². The Labute approximate surface area is 144 Å². The van der Waals surface area contributed by atoms with Gasteiger partial charge in [-0.15, -0.1) is 0 Å². The van der Waals surface area contributed by atoms with E-state index in [1.54, 1.807) is 6.07 Å². The normalized spacial score (nSPS) is 25.2. The fourth-order valence-corrected chi connectivity index (χ4v) is 3.98. The first-order chi connectivity index (χ1) is 11.9. The summed E-state index contributed by atoms with van der Waals surface area (Å²) in [7, 11) is 0. The van der Waals surface area contributed by atoms with Crippen LogP contribution in [0.1, 0.15) is 37.3 Å². The summed E-state index contributed by atoms with van der Waals surface area (Å²) in [6.07, 6.45) is -1.86. The van der Waals surface area contributed by atoms with Gasteiger partial charge in [-0.25, -0.2) is 0 Å². The molecule has 1 aromatic rings. The molecule has 1 saturated carbocycles. The van der Waals surface area contributed by atoms with Crippen LogP contribution in [0.3, 0.4) is 0 Å². The van der Waals surface area contributed by atoms with E-state index >= 15 is 0 Å². The smallest absolute Gasteiger partial charge is 0.382 e. The van der Waals surface area contributed by atoms with Crippen molar-refractivity contribution in [3.05, 3.63) is 29.3 Å². The standard InChI is InChI=1S/C18H21F3N2O2/c1-2-25-16-10-15(17(16)5-7-24-8-6-17)23-13-3-4-14(18(19,20)21)12(9-13)11-22/h3-4,9,15-16,23H,2,5-8,10H2,1H3. The van der Waals surface area contributed by atoms with Gasteiger partial charge in [0.2, 0.25) is 0 Å². The average Bonchev–Trinajstić information content (AvgIpc) is 2.60. The lowest BCUT2D eigenvalue weighted by atomic mass is 9.57. The maximum atomic E-state index is 12.9. The first-order valence-electron chi connectivity index (χ1n) is 8.48. The lowest BCUT2D eigenvalue weighted by Crippen LogP contribution is -2.63. The quantitative estimate of drug-likeness (QED) is 0.889. The van der Waals surface area contributed by atoms with E-state index in [4.69, 9.17) is 14.7 Å². The number of nitriles is 1. The highest BCUT2D eigenvalue weighted by Gasteiger charge is 2.56. The molecule has 1 aliphatic heterocycles. The van der Waals surface area contributed by atoms with Crippen LogP contribution in [0.4, 0.5) is 18.9 Å². The van der Waals surface area contributed by atoms with E-state index in [2.05, 4.69) is 5.32 Å². The Bertz CT molecular complexity index is 663. The first-order valence-corrected chi connectivity index (χ1v) is 8.48. The Balaban J connectivity index is 1.79. The van der Waals surface area contributed by atoms with Gasteiger partial charge in [0.15, 0.2) is 0 Å². The van der Waals surface area contributed by atoms with Gasteiger partial charge in [-0.05, 0) is 44.4 Å². The highest BCUT2D eigenvalue weighted by Crippen LogP contribution is 2.51. The second kappa shape index (κ2) is 6.85. The van der Waals surface area contributed by atoms with Crippen LogP contribution in [-0.2, 0) is 15.7 Å². The number of hydrogen-bond acceptors (Lipinski definition) is 4. The summed E-state index contributed by atoms with van der Waals surface area (Å²) in [5.74, 6) is 0. The highest BCUT2D eigenvalue weighted by atomic mass is 19.4. The fraction of sp³-hybridized carbons (Fsp3) is 0.611. The molecule has 2 aliphatic rings. The molecule has 0 amide bonds. The molecule has 3 rings (SSSR count). The van der Waals surface area contributed by atoms with Crippen molar-refractivity contribution in [2.75, 3.05) is 25.1 Å². The van der Waals surface area contributed by atoms with Crippen LogP contribution < -0.4 is 5.32 Å². The molecule has 2 fully saturated rings. The molecule has 2 atom stereocenters. The van der Waals surface area contributed by atoms with E-state index in [0.29, 0.717) is 25.5 Å². The maximum absolute atomic E-state index is 12.9. The summed E-state index contributed by atoms with van der Waals surface area (Å²) in [4.78, 5) is 0. The minimum Gasteiger partial charge on any atom is -0.382 e. The summed E-state index contributed by atoms with van der Waals surface area (Å²) in [6.45, 7) is 3.93. The third-order valence-corrected chi connectivity index (χ3v) is 5.36. The van der Waals surface area contributed by atoms with Gasteiger partial charge in [-0.3, -0.25) is 0 Å². The second-order valence-electron chi connectivity index (χ2n) is 6.59. The summed E-state index contributed by atoms with van der Waals surface area (Å²) < 4.78 is 50.1. The Hall–Kier alpha value is -1.78. The van der Waals surface area contributed by atoms with Crippen LogP contribution in [0, 0.1) is 16.7 Å². The van der Waals surface area contributed by atoms with Crippen molar-refractivity contribution in [1.82, 2.24) is 0 Å². The van der Waals surface area contributed by atoms with Gasteiger partial charge in [-0.2, -0.15) is 18.4 Å². The van der Waals surface area contributed by atoms with Crippen molar-refractivity contribution in [3.63, 3.8) is 0 Å². The Morgan fingerprint density at radius 3 is 2.68 bits per heavy atom. The first kappa shape index (κ1) is 18.0. The van der Waals surface area contributed by atoms with E-state index in [-0.39, 0.29) is 23.1 Å². The van der Waals surface area contributed by atoms with E-state index in [1.807, 2.05) is 6.92 Å². The highest BCUT2D eigenvalue weighted by molar-refractivity contribution is 5.54. The van der Waals surface area contributed by atoms with Crippen molar-refractivity contribution in [3.8, 4) is 6.07 Å². The largest absolute Gasteiger partial charge is 0.417 e. The zero-order chi connectivity index (χ0) is 18.1. The molecule has 0 aromatic heterocycles. The Kier molecular flexibility index (Phi) is 4.94. The van der Waals surface area contributed by atoms with Crippen molar-refractivity contribution in [2.45, 2.75) is 44.5 Å². The summed E-state index contributed by atoms with van der Waals surface area (Å²) in [6, 6.07) is 5.40. The molecule has 0 bridgehead atoms. The number of anilines is 1. The maximum Gasteiger partial charge on any atom is 0.417 e. The third-order valence-electron chi connectivity index (χ3n) is 5.36. The second-order valence-corrected chi connectivity index (χ2v) is 6.59. The van der Waals surface area contributed by atoms with E-state index in [0.717, 1.165) is 25.3 Å². The van der Waals surface area contributed by atoms with E-state index in [9.17, 15) is 13.2 Å². The molecule has 1 spiro atoms. The molecule has 25 heavy (non-hydrogen) atoms. The average molecular weight is 354 g/mol. The summed E-state index contributed by atoms with van der Waals surface area (Å²) in [5.41, 5.74) is -0.777. The van der Waals surface area contributed by atoms with Gasteiger partial charge in [0.1, 0.15) is 0 Å². The van der Waals surface area contributed by atoms with Gasteiger partial charge in [0, 0.05) is 37.0 Å². The van der Waals surface area contributed by atoms with Crippen LogP contribution >= 0.6 is 0 Å². The zero-order valence-corrected chi connectivity index (χ0v) is 14.0. The molecule has 136 valence electrons. The number of alkyl halides is 3. The van der Waals surface area contributed by atoms with Gasteiger partial charge in [-0.1, -0.05) is 0 Å². The molecule has 4 nitrogen and oxygen atoms in total. The third kappa shape index (κ3) is 3.33. The number of rotatable bonds is 4. The number of nitrogens with one attached hydrogen (secondary N) is 1. The molecule has 7 heteroatoms. The van der Waals surface area contributed by atoms with Crippen molar-refractivity contribution >= 4 is 5.69 Å². The predicted octanol–water partition coefficient (Wildman–Crippen LogP) is 3.96. The Morgan fingerprint density at radius 1 is 1.36 bits per heavy atom. The lowest BCUT2D eigenvalue weighted by molar-refractivity contribution is -0.159. The molecule has 1 saturated heterocycles. The number of halogens is 3. The van der Waals surface area contributed by atoms with Gasteiger partial charge in [0.05, 0.1) is 23.3 Å². The number of nitrogens with zero attached hydrogens (tertiary/aromatic N) is 1. The molecule has 1 heterocycles. The van der Waals surface area contributed by atoms with E-state index < -0.39 is 11.7 Å². The molecule has 0 radical (unpaired) electrons. The van der Waals surface area contributed by atoms with Crippen molar-refractivity contribution < 1.29 is 22.6 Å². The Morgan fingerprint density at radius 2 is 2.08 bits per heavy atom.